The van der Waals surface area contributed by atoms with Gasteiger partial charge in [0.2, 0.25) is 5.90 Å². The van der Waals surface area contributed by atoms with Crippen LogP contribution >= 0.6 is 0 Å². The number of carboxylic acids is 1. The highest BCUT2D eigenvalue weighted by atomic mass is 19.4. The first-order valence-corrected chi connectivity index (χ1v) is 6.99. The molecule has 1 aliphatic carbocycles. The van der Waals surface area contributed by atoms with Gasteiger partial charge in [0.15, 0.2) is 0 Å². The van der Waals surface area contributed by atoms with Gasteiger partial charge in [-0.2, -0.15) is 13.2 Å². The minimum atomic E-state index is -4.42. The molecule has 1 saturated carbocycles. The maximum absolute atomic E-state index is 12.7. The zero-order chi connectivity index (χ0) is 15.9. The monoisotopic (exact) mass is 313 g/mol. The average Bonchev–Trinajstić information content (AvgIpc) is 2.89. The second-order valence-electron chi connectivity index (χ2n) is 5.58. The fraction of sp³-hybridized carbons (Fsp3) is 0.467. The number of hydrogen-bond donors (Lipinski definition) is 1. The maximum Gasteiger partial charge on any atom is 0.416 e. The first kappa shape index (κ1) is 14.9. The van der Waals surface area contributed by atoms with Crippen molar-refractivity contribution in [3.05, 3.63) is 35.4 Å². The van der Waals surface area contributed by atoms with Crippen molar-refractivity contribution in [2.45, 2.75) is 37.6 Å². The number of carboxylic acid groups (broad SMARTS) is 1. The molecule has 1 aromatic carbocycles. The van der Waals surface area contributed by atoms with E-state index in [1.807, 2.05) is 0 Å². The number of aliphatic carboxylic acids is 1. The van der Waals surface area contributed by atoms with Crippen LogP contribution in [0.5, 0.6) is 0 Å². The molecule has 0 spiro atoms. The highest BCUT2D eigenvalue weighted by Crippen LogP contribution is 2.35. The number of rotatable bonds is 2. The third kappa shape index (κ3) is 2.80. The first-order chi connectivity index (χ1) is 10.3. The number of nitrogens with zero attached hydrogens (tertiary/aromatic N) is 1. The summed E-state index contributed by atoms with van der Waals surface area (Å²) in [5.41, 5.74) is -0.481. The molecule has 1 N–H and O–H groups in total. The number of fused-ring (bicyclic) bond motifs is 1. The summed E-state index contributed by atoms with van der Waals surface area (Å²) in [4.78, 5) is 15.4. The summed E-state index contributed by atoms with van der Waals surface area (Å²) in [6, 6.07) is 4.66. The van der Waals surface area contributed by atoms with Crippen LogP contribution in [0, 0.1) is 5.92 Å². The van der Waals surface area contributed by atoms with Crippen LogP contribution in [0.3, 0.4) is 0 Å². The Morgan fingerprint density at radius 2 is 2.09 bits per heavy atom. The van der Waals surface area contributed by atoms with Crippen molar-refractivity contribution in [1.29, 1.82) is 0 Å². The molecule has 3 atom stereocenters. The second kappa shape index (κ2) is 5.30. The Hall–Kier alpha value is -2.05. The third-order valence-corrected chi connectivity index (χ3v) is 4.09. The maximum atomic E-state index is 12.7. The van der Waals surface area contributed by atoms with E-state index in [-0.39, 0.29) is 23.6 Å². The molecule has 118 valence electrons. The molecule has 7 heteroatoms. The van der Waals surface area contributed by atoms with E-state index in [4.69, 9.17) is 9.84 Å². The van der Waals surface area contributed by atoms with Gasteiger partial charge in [-0.3, -0.25) is 4.79 Å². The lowest BCUT2D eigenvalue weighted by Crippen LogP contribution is -2.34. The van der Waals surface area contributed by atoms with E-state index in [1.54, 1.807) is 0 Å². The van der Waals surface area contributed by atoms with Gasteiger partial charge in [0, 0.05) is 5.56 Å². The van der Waals surface area contributed by atoms with E-state index in [9.17, 15) is 18.0 Å². The lowest BCUT2D eigenvalue weighted by Gasteiger charge is -2.26. The topological polar surface area (TPSA) is 58.9 Å². The molecular weight excluding hydrogens is 299 g/mol. The second-order valence-corrected chi connectivity index (χ2v) is 5.58. The summed E-state index contributed by atoms with van der Waals surface area (Å²) in [5, 5.41) is 9.05. The Kier molecular flexibility index (Phi) is 3.58. The zero-order valence-electron chi connectivity index (χ0n) is 11.5. The molecule has 1 aromatic rings. The van der Waals surface area contributed by atoms with Gasteiger partial charge < -0.3 is 9.84 Å². The lowest BCUT2D eigenvalue weighted by molar-refractivity contribution is -0.144. The van der Waals surface area contributed by atoms with Gasteiger partial charge in [0.1, 0.15) is 6.10 Å². The standard InChI is InChI=1S/C15H14F3NO3/c16-15(17,18)10-3-1-2-8(6-10)13-19-11-5-4-9(14(20)21)7-12(11)22-13/h1-3,6,9,11-12H,4-5,7H2,(H,20,21). The largest absolute Gasteiger partial charge is 0.481 e. The van der Waals surface area contributed by atoms with E-state index in [0.717, 1.165) is 12.1 Å². The molecule has 22 heavy (non-hydrogen) atoms. The van der Waals surface area contributed by atoms with Crippen molar-refractivity contribution in [3.63, 3.8) is 0 Å². The van der Waals surface area contributed by atoms with E-state index < -0.39 is 23.6 Å². The molecule has 0 amide bonds. The number of ether oxygens (including phenoxy) is 1. The summed E-state index contributed by atoms with van der Waals surface area (Å²) in [7, 11) is 0. The van der Waals surface area contributed by atoms with Crippen molar-refractivity contribution >= 4 is 11.9 Å². The Bertz CT molecular complexity index is 627. The molecule has 3 unspecified atom stereocenters. The van der Waals surface area contributed by atoms with Crippen LogP contribution in [0.25, 0.3) is 0 Å². The molecular formula is C15H14F3NO3. The molecule has 2 aliphatic rings. The number of benzene rings is 1. The van der Waals surface area contributed by atoms with Gasteiger partial charge in [-0.1, -0.05) is 6.07 Å². The predicted molar refractivity (Wildman–Crippen MR) is 71.6 cm³/mol. The van der Waals surface area contributed by atoms with Gasteiger partial charge in [-0.25, -0.2) is 4.99 Å². The Morgan fingerprint density at radius 1 is 1.32 bits per heavy atom. The van der Waals surface area contributed by atoms with E-state index >= 15 is 0 Å². The van der Waals surface area contributed by atoms with Gasteiger partial charge in [-0.05, 0) is 37.5 Å². The number of carbonyl (C=O) groups is 1. The van der Waals surface area contributed by atoms with Crippen LogP contribution < -0.4 is 0 Å². The highest BCUT2D eigenvalue weighted by Gasteiger charge is 2.40. The Balaban J connectivity index is 1.79. The summed E-state index contributed by atoms with van der Waals surface area (Å²) in [5.74, 6) is -1.17. The number of halogens is 3. The molecule has 0 saturated heterocycles. The molecule has 0 radical (unpaired) electrons. The molecule has 3 rings (SSSR count). The molecule has 1 aliphatic heterocycles. The molecule has 0 aromatic heterocycles. The number of aliphatic imine (C=N–C) groups is 1. The fourth-order valence-electron chi connectivity index (χ4n) is 2.91. The van der Waals surface area contributed by atoms with Gasteiger partial charge in [0.25, 0.3) is 0 Å². The van der Waals surface area contributed by atoms with Crippen molar-refractivity contribution in [2.75, 3.05) is 0 Å². The van der Waals surface area contributed by atoms with Crippen molar-refractivity contribution in [3.8, 4) is 0 Å². The number of alkyl halides is 3. The van der Waals surface area contributed by atoms with Crippen LogP contribution in [0.1, 0.15) is 30.4 Å². The summed E-state index contributed by atoms with van der Waals surface area (Å²) in [6.07, 6.45) is -3.36. The minimum absolute atomic E-state index is 0.167. The zero-order valence-corrected chi connectivity index (χ0v) is 11.5. The van der Waals surface area contributed by atoms with Crippen LogP contribution in [0.4, 0.5) is 13.2 Å². The van der Waals surface area contributed by atoms with Gasteiger partial charge >= 0.3 is 12.1 Å². The van der Waals surface area contributed by atoms with Crippen LogP contribution in [-0.4, -0.2) is 29.1 Å². The molecule has 1 heterocycles. The number of hydrogen-bond acceptors (Lipinski definition) is 3. The molecule has 0 bridgehead atoms. The molecule has 4 nitrogen and oxygen atoms in total. The predicted octanol–water partition coefficient (Wildman–Crippen LogP) is 3.10. The van der Waals surface area contributed by atoms with Gasteiger partial charge in [0.05, 0.1) is 17.5 Å². The first-order valence-electron chi connectivity index (χ1n) is 6.99. The minimum Gasteiger partial charge on any atom is -0.481 e. The Morgan fingerprint density at radius 3 is 2.77 bits per heavy atom. The van der Waals surface area contributed by atoms with Crippen molar-refractivity contribution < 1.29 is 27.8 Å². The quantitative estimate of drug-likeness (QED) is 0.912. The highest BCUT2D eigenvalue weighted by molar-refractivity contribution is 5.95. The summed E-state index contributed by atoms with van der Waals surface area (Å²) in [6.45, 7) is 0. The molecule has 1 fully saturated rings. The van der Waals surface area contributed by atoms with E-state index in [0.29, 0.717) is 19.3 Å². The van der Waals surface area contributed by atoms with Crippen molar-refractivity contribution in [1.82, 2.24) is 0 Å². The van der Waals surface area contributed by atoms with E-state index in [2.05, 4.69) is 4.99 Å². The normalized spacial score (nSPS) is 27.8. The fourth-order valence-corrected chi connectivity index (χ4v) is 2.91. The average molecular weight is 313 g/mol. The van der Waals surface area contributed by atoms with Crippen LogP contribution in [0.15, 0.2) is 29.3 Å². The summed E-state index contributed by atoms with van der Waals surface area (Å²) < 4.78 is 43.9. The Labute approximate surface area is 124 Å². The van der Waals surface area contributed by atoms with Gasteiger partial charge in [-0.15, -0.1) is 0 Å². The lowest BCUT2D eigenvalue weighted by atomic mass is 9.84. The van der Waals surface area contributed by atoms with Crippen LogP contribution in [-0.2, 0) is 15.7 Å². The van der Waals surface area contributed by atoms with Crippen molar-refractivity contribution in [2.24, 2.45) is 10.9 Å². The summed E-state index contributed by atoms with van der Waals surface area (Å²) >= 11 is 0. The smallest absolute Gasteiger partial charge is 0.416 e. The van der Waals surface area contributed by atoms with E-state index in [1.165, 1.54) is 12.1 Å². The third-order valence-electron chi connectivity index (χ3n) is 4.09. The van der Waals surface area contributed by atoms with Crippen LogP contribution in [0.2, 0.25) is 0 Å². The SMILES string of the molecule is O=C(O)C1CCC2N=C(c3cccc(C(F)(F)F)c3)OC2C1.